The van der Waals surface area contributed by atoms with E-state index in [1.165, 1.54) is 49.8 Å². The summed E-state index contributed by atoms with van der Waals surface area (Å²) in [5.41, 5.74) is 2.56. The quantitative estimate of drug-likeness (QED) is 0.649. The van der Waals surface area contributed by atoms with Gasteiger partial charge in [0.25, 0.3) is 0 Å². The molecule has 0 saturated carbocycles. The van der Waals surface area contributed by atoms with Gasteiger partial charge in [-0.25, -0.2) is 0 Å². The molecule has 2 fully saturated rings. The molecule has 2 atom stereocenters. The molecule has 0 aromatic heterocycles. The van der Waals surface area contributed by atoms with Gasteiger partial charge in [-0.1, -0.05) is 37.6 Å². The van der Waals surface area contributed by atoms with Crippen LogP contribution in [0.4, 0.5) is 0 Å². The molecule has 3 rings (SSSR count). The maximum absolute atomic E-state index is 12.3. The van der Waals surface area contributed by atoms with Crippen molar-refractivity contribution in [3.05, 3.63) is 35.4 Å². The molecule has 2 N–H and O–H groups in total. The lowest BCUT2D eigenvalue weighted by Crippen LogP contribution is -2.36. The van der Waals surface area contributed by atoms with Gasteiger partial charge >= 0.3 is 0 Å². The zero-order valence-electron chi connectivity index (χ0n) is 18.0. The zero-order chi connectivity index (χ0) is 19.1. The second-order valence-electron chi connectivity index (χ2n) is 8.68. The van der Waals surface area contributed by atoms with Crippen molar-refractivity contribution in [2.75, 3.05) is 19.6 Å². The molecule has 166 valence electrons. The number of nitrogens with zero attached hydrogens (tertiary/aromatic N) is 1. The first kappa shape index (κ1) is 26.2. The molecule has 0 bridgehead atoms. The predicted octanol–water partition coefficient (Wildman–Crippen LogP) is 4.55. The van der Waals surface area contributed by atoms with Gasteiger partial charge in [0.15, 0.2) is 0 Å². The van der Waals surface area contributed by atoms with E-state index in [2.05, 4.69) is 53.6 Å². The highest BCUT2D eigenvalue weighted by molar-refractivity contribution is 5.85. The molecule has 2 aliphatic rings. The topological polar surface area (TPSA) is 44.4 Å². The molecule has 1 aromatic carbocycles. The van der Waals surface area contributed by atoms with E-state index in [1.807, 2.05) is 0 Å². The lowest BCUT2D eigenvalue weighted by atomic mass is 9.84. The SMILES string of the molecule is CC(CC(=O)NCc1ccc(CN2CCCCC2C)cc1)C1CCNCC1.Cl.Cl. The van der Waals surface area contributed by atoms with Gasteiger partial charge in [0.05, 0.1) is 0 Å². The van der Waals surface area contributed by atoms with Crippen LogP contribution < -0.4 is 10.6 Å². The molecular weight excluding hydrogens is 405 g/mol. The van der Waals surface area contributed by atoms with Gasteiger partial charge in [-0.15, -0.1) is 24.8 Å². The Morgan fingerprint density at radius 1 is 1.10 bits per heavy atom. The van der Waals surface area contributed by atoms with Gasteiger partial charge in [0.2, 0.25) is 5.91 Å². The summed E-state index contributed by atoms with van der Waals surface area (Å²) in [6.45, 7) is 9.66. The number of amides is 1. The highest BCUT2D eigenvalue weighted by Gasteiger charge is 2.22. The molecule has 0 aliphatic carbocycles. The first-order valence-corrected chi connectivity index (χ1v) is 10.9. The van der Waals surface area contributed by atoms with Crippen LogP contribution in [0.15, 0.2) is 24.3 Å². The van der Waals surface area contributed by atoms with E-state index < -0.39 is 0 Å². The molecule has 0 spiro atoms. The Morgan fingerprint density at radius 3 is 2.41 bits per heavy atom. The monoisotopic (exact) mass is 443 g/mol. The zero-order valence-corrected chi connectivity index (χ0v) is 19.6. The number of piperidine rings is 2. The Bertz CT molecular complexity index is 590. The normalized spacial score (nSPS) is 21.5. The van der Waals surface area contributed by atoms with E-state index in [0.717, 1.165) is 19.6 Å². The standard InChI is InChI=1S/C23H37N3O.2ClH/c1-18(22-10-12-24-13-11-22)15-23(27)25-16-20-6-8-21(9-7-20)17-26-14-4-3-5-19(26)2;;/h6-9,18-19,22,24H,3-5,10-17H2,1-2H3,(H,25,27);2*1H. The Kier molecular flexibility index (Phi) is 12.2. The summed E-state index contributed by atoms with van der Waals surface area (Å²) in [6.07, 6.45) is 7.06. The van der Waals surface area contributed by atoms with Crippen molar-refractivity contribution in [2.45, 2.75) is 71.5 Å². The van der Waals surface area contributed by atoms with Crippen molar-refractivity contribution in [3.63, 3.8) is 0 Å². The third-order valence-electron chi connectivity index (χ3n) is 6.53. The van der Waals surface area contributed by atoms with Gasteiger partial charge in [0.1, 0.15) is 0 Å². The van der Waals surface area contributed by atoms with Gasteiger partial charge in [0, 0.05) is 25.6 Å². The molecule has 1 amide bonds. The number of carbonyl (C=O) groups excluding carboxylic acids is 1. The maximum atomic E-state index is 12.3. The second kappa shape index (κ2) is 13.5. The van der Waals surface area contributed by atoms with Gasteiger partial charge < -0.3 is 10.6 Å². The molecule has 2 aliphatic heterocycles. The average molecular weight is 444 g/mol. The minimum Gasteiger partial charge on any atom is -0.352 e. The average Bonchev–Trinajstić information content (AvgIpc) is 2.70. The van der Waals surface area contributed by atoms with Gasteiger partial charge in [-0.05, 0) is 75.2 Å². The van der Waals surface area contributed by atoms with E-state index in [4.69, 9.17) is 0 Å². The third-order valence-corrected chi connectivity index (χ3v) is 6.53. The molecular formula is C23H39Cl2N3O. The highest BCUT2D eigenvalue weighted by atomic mass is 35.5. The summed E-state index contributed by atoms with van der Waals surface area (Å²) in [6, 6.07) is 9.47. The van der Waals surface area contributed by atoms with Crippen LogP contribution in [0.5, 0.6) is 0 Å². The van der Waals surface area contributed by atoms with Gasteiger partial charge in [-0.2, -0.15) is 0 Å². The lowest BCUT2D eigenvalue weighted by molar-refractivity contribution is -0.122. The lowest BCUT2D eigenvalue weighted by Gasteiger charge is -2.33. The molecule has 2 saturated heterocycles. The number of halogens is 2. The first-order valence-electron chi connectivity index (χ1n) is 10.9. The molecule has 4 nitrogen and oxygen atoms in total. The van der Waals surface area contributed by atoms with E-state index >= 15 is 0 Å². The van der Waals surface area contributed by atoms with Gasteiger partial charge in [-0.3, -0.25) is 9.69 Å². The summed E-state index contributed by atoms with van der Waals surface area (Å²) < 4.78 is 0. The minimum atomic E-state index is 0. The fourth-order valence-electron chi connectivity index (χ4n) is 4.53. The Morgan fingerprint density at radius 2 is 1.76 bits per heavy atom. The van der Waals surface area contributed by atoms with Crippen LogP contribution in [0.3, 0.4) is 0 Å². The fourth-order valence-corrected chi connectivity index (χ4v) is 4.53. The van der Waals surface area contributed by atoms with Crippen LogP contribution >= 0.6 is 24.8 Å². The smallest absolute Gasteiger partial charge is 0.220 e. The van der Waals surface area contributed by atoms with Crippen LogP contribution in [-0.4, -0.2) is 36.5 Å². The molecule has 6 heteroatoms. The number of likely N-dealkylation sites (tertiary alicyclic amines) is 1. The number of rotatable bonds is 7. The molecule has 29 heavy (non-hydrogen) atoms. The van der Waals surface area contributed by atoms with Crippen LogP contribution in [0, 0.1) is 11.8 Å². The Labute approximate surface area is 189 Å². The summed E-state index contributed by atoms with van der Waals surface area (Å²) >= 11 is 0. The molecule has 1 aromatic rings. The van der Waals surface area contributed by atoms with E-state index in [-0.39, 0.29) is 30.7 Å². The van der Waals surface area contributed by atoms with Crippen molar-refractivity contribution in [1.82, 2.24) is 15.5 Å². The van der Waals surface area contributed by atoms with Crippen molar-refractivity contribution in [3.8, 4) is 0 Å². The third kappa shape index (κ3) is 8.45. The van der Waals surface area contributed by atoms with E-state index in [0.29, 0.717) is 30.8 Å². The molecule has 0 radical (unpaired) electrons. The number of carbonyl (C=O) groups is 1. The van der Waals surface area contributed by atoms with Crippen molar-refractivity contribution < 1.29 is 4.79 Å². The number of hydrogen-bond donors (Lipinski definition) is 2. The van der Waals surface area contributed by atoms with Crippen LogP contribution in [0.25, 0.3) is 0 Å². The largest absolute Gasteiger partial charge is 0.352 e. The van der Waals surface area contributed by atoms with Crippen molar-refractivity contribution in [2.24, 2.45) is 11.8 Å². The van der Waals surface area contributed by atoms with E-state index in [1.54, 1.807) is 0 Å². The molecule has 2 heterocycles. The highest BCUT2D eigenvalue weighted by Crippen LogP contribution is 2.24. The molecule has 2 unspecified atom stereocenters. The second-order valence-corrected chi connectivity index (χ2v) is 8.68. The minimum absolute atomic E-state index is 0. The maximum Gasteiger partial charge on any atom is 0.220 e. The van der Waals surface area contributed by atoms with Crippen LogP contribution in [0.1, 0.15) is 63.5 Å². The Hall–Kier alpha value is -0.810. The summed E-state index contributed by atoms with van der Waals surface area (Å²) in [4.78, 5) is 14.9. The van der Waals surface area contributed by atoms with E-state index in [9.17, 15) is 4.79 Å². The van der Waals surface area contributed by atoms with Crippen LogP contribution in [-0.2, 0) is 17.9 Å². The Balaban J connectivity index is 0.00000210. The predicted molar refractivity (Wildman–Crippen MR) is 126 cm³/mol. The number of benzene rings is 1. The van der Waals surface area contributed by atoms with Crippen LogP contribution in [0.2, 0.25) is 0 Å². The number of hydrogen-bond acceptors (Lipinski definition) is 3. The summed E-state index contributed by atoms with van der Waals surface area (Å²) in [5.74, 6) is 1.35. The van der Waals surface area contributed by atoms with Crippen molar-refractivity contribution >= 4 is 30.7 Å². The first-order chi connectivity index (χ1) is 13.1. The summed E-state index contributed by atoms with van der Waals surface area (Å²) in [5, 5.41) is 6.51. The van der Waals surface area contributed by atoms with Crippen molar-refractivity contribution in [1.29, 1.82) is 0 Å². The fraction of sp³-hybridized carbons (Fsp3) is 0.696. The number of nitrogens with one attached hydrogen (secondary N) is 2. The summed E-state index contributed by atoms with van der Waals surface area (Å²) in [7, 11) is 0.